The Morgan fingerprint density at radius 2 is 2.16 bits per heavy atom. The van der Waals surface area contributed by atoms with Gasteiger partial charge in [0.25, 0.3) is 0 Å². The van der Waals surface area contributed by atoms with Crippen molar-refractivity contribution in [2.45, 2.75) is 26.3 Å². The van der Waals surface area contributed by atoms with Crippen molar-refractivity contribution in [2.75, 3.05) is 12.5 Å². The summed E-state index contributed by atoms with van der Waals surface area (Å²) < 4.78 is 12.6. The van der Waals surface area contributed by atoms with Crippen LogP contribution in [0.2, 0.25) is 0 Å². The second-order valence-electron chi connectivity index (χ2n) is 4.62. The van der Waals surface area contributed by atoms with Crippen LogP contribution in [0.1, 0.15) is 19.8 Å². The molecule has 0 radical (unpaired) electrons. The SMILES string of the molecule is CCCCn1cc(N)c(-c2ccc3c(c2)OCO3)n1. The Kier molecular flexibility index (Phi) is 3.03. The first-order valence-corrected chi connectivity index (χ1v) is 6.51. The zero-order valence-corrected chi connectivity index (χ0v) is 10.9. The number of benzene rings is 1. The minimum absolute atomic E-state index is 0.277. The molecule has 1 aliphatic rings. The molecule has 2 aromatic rings. The molecule has 2 heterocycles. The number of aryl methyl sites for hydroxylation is 1. The van der Waals surface area contributed by atoms with E-state index < -0.39 is 0 Å². The number of unbranched alkanes of at least 4 members (excludes halogenated alkanes) is 1. The van der Waals surface area contributed by atoms with E-state index in [0.717, 1.165) is 42.1 Å². The molecule has 3 rings (SSSR count). The van der Waals surface area contributed by atoms with Crippen molar-refractivity contribution in [1.82, 2.24) is 9.78 Å². The van der Waals surface area contributed by atoms with Crippen molar-refractivity contribution in [2.24, 2.45) is 0 Å². The lowest BCUT2D eigenvalue weighted by Gasteiger charge is -2.01. The lowest BCUT2D eigenvalue weighted by molar-refractivity contribution is 0.174. The third-order valence-electron chi connectivity index (χ3n) is 3.18. The van der Waals surface area contributed by atoms with Gasteiger partial charge >= 0.3 is 0 Å². The van der Waals surface area contributed by atoms with E-state index in [1.54, 1.807) is 0 Å². The van der Waals surface area contributed by atoms with Crippen LogP contribution in [0.3, 0.4) is 0 Å². The lowest BCUT2D eigenvalue weighted by atomic mass is 10.1. The van der Waals surface area contributed by atoms with Gasteiger partial charge in [-0.1, -0.05) is 13.3 Å². The minimum Gasteiger partial charge on any atom is -0.454 e. The molecule has 1 aliphatic heterocycles. The molecule has 5 heteroatoms. The first-order chi connectivity index (χ1) is 9.28. The van der Waals surface area contributed by atoms with Gasteiger partial charge in [0, 0.05) is 18.3 Å². The fraction of sp³-hybridized carbons (Fsp3) is 0.357. The molecule has 0 saturated heterocycles. The maximum Gasteiger partial charge on any atom is 0.231 e. The molecule has 2 N–H and O–H groups in total. The summed E-state index contributed by atoms with van der Waals surface area (Å²) in [6.07, 6.45) is 4.12. The second-order valence-corrected chi connectivity index (χ2v) is 4.62. The first kappa shape index (κ1) is 11.9. The molecular weight excluding hydrogens is 242 g/mol. The van der Waals surface area contributed by atoms with Crippen molar-refractivity contribution < 1.29 is 9.47 Å². The molecule has 19 heavy (non-hydrogen) atoms. The Bertz CT molecular complexity index is 592. The molecule has 5 nitrogen and oxygen atoms in total. The van der Waals surface area contributed by atoms with Crippen LogP contribution in [0.5, 0.6) is 11.5 Å². The number of rotatable bonds is 4. The van der Waals surface area contributed by atoms with E-state index in [1.165, 1.54) is 0 Å². The highest BCUT2D eigenvalue weighted by atomic mass is 16.7. The highest BCUT2D eigenvalue weighted by Gasteiger charge is 2.16. The normalized spacial score (nSPS) is 12.9. The Labute approximate surface area is 111 Å². The number of nitrogens with two attached hydrogens (primary N) is 1. The van der Waals surface area contributed by atoms with Crippen LogP contribution in [0.25, 0.3) is 11.3 Å². The van der Waals surface area contributed by atoms with E-state index in [4.69, 9.17) is 15.2 Å². The third-order valence-corrected chi connectivity index (χ3v) is 3.18. The van der Waals surface area contributed by atoms with E-state index in [2.05, 4.69) is 12.0 Å². The number of ether oxygens (including phenoxy) is 2. The van der Waals surface area contributed by atoms with Crippen LogP contribution in [0.15, 0.2) is 24.4 Å². The smallest absolute Gasteiger partial charge is 0.231 e. The van der Waals surface area contributed by atoms with E-state index in [9.17, 15) is 0 Å². The van der Waals surface area contributed by atoms with E-state index in [0.29, 0.717) is 5.69 Å². The van der Waals surface area contributed by atoms with Crippen molar-refractivity contribution in [3.05, 3.63) is 24.4 Å². The molecule has 100 valence electrons. The van der Waals surface area contributed by atoms with Crippen molar-refractivity contribution in [3.63, 3.8) is 0 Å². The van der Waals surface area contributed by atoms with Gasteiger partial charge in [0.15, 0.2) is 11.5 Å². The van der Waals surface area contributed by atoms with Crippen LogP contribution >= 0.6 is 0 Å². The Morgan fingerprint density at radius 3 is 3.00 bits per heavy atom. The number of hydrogen-bond donors (Lipinski definition) is 1. The molecule has 0 amide bonds. The maximum atomic E-state index is 6.03. The largest absolute Gasteiger partial charge is 0.454 e. The molecule has 0 spiro atoms. The first-order valence-electron chi connectivity index (χ1n) is 6.51. The summed E-state index contributed by atoms with van der Waals surface area (Å²) in [4.78, 5) is 0. The highest BCUT2D eigenvalue weighted by Crippen LogP contribution is 2.36. The average molecular weight is 259 g/mol. The van der Waals surface area contributed by atoms with E-state index in [-0.39, 0.29) is 6.79 Å². The number of nitrogen functional groups attached to an aromatic ring is 1. The molecule has 1 aromatic heterocycles. The predicted molar refractivity (Wildman–Crippen MR) is 73.1 cm³/mol. The quantitative estimate of drug-likeness (QED) is 0.916. The minimum atomic E-state index is 0.277. The summed E-state index contributed by atoms with van der Waals surface area (Å²) in [6, 6.07) is 5.77. The maximum absolute atomic E-state index is 6.03. The summed E-state index contributed by atoms with van der Waals surface area (Å²) >= 11 is 0. The second kappa shape index (κ2) is 4.84. The monoisotopic (exact) mass is 259 g/mol. The van der Waals surface area contributed by atoms with E-state index in [1.807, 2.05) is 29.1 Å². The molecule has 0 fully saturated rings. The van der Waals surface area contributed by atoms with Crippen molar-refractivity contribution in [3.8, 4) is 22.8 Å². The lowest BCUT2D eigenvalue weighted by Crippen LogP contribution is -1.97. The van der Waals surface area contributed by atoms with E-state index >= 15 is 0 Å². The van der Waals surface area contributed by atoms with Crippen molar-refractivity contribution >= 4 is 5.69 Å². The molecule has 0 aliphatic carbocycles. The van der Waals surface area contributed by atoms with Crippen LogP contribution in [-0.4, -0.2) is 16.6 Å². The molecular formula is C14H17N3O2. The fourth-order valence-corrected chi connectivity index (χ4v) is 2.14. The van der Waals surface area contributed by atoms with Crippen LogP contribution < -0.4 is 15.2 Å². The molecule has 1 aromatic carbocycles. The fourth-order valence-electron chi connectivity index (χ4n) is 2.14. The van der Waals surface area contributed by atoms with Crippen LogP contribution in [-0.2, 0) is 6.54 Å². The van der Waals surface area contributed by atoms with Gasteiger partial charge in [0.05, 0.1) is 5.69 Å². The number of anilines is 1. The standard InChI is InChI=1S/C14H17N3O2/c1-2-3-6-17-8-11(15)14(16-17)10-4-5-12-13(7-10)19-9-18-12/h4-5,7-8H,2-3,6,9,15H2,1H3. The van der Waals surface area contributed by atoms with Gasteiger partial charge in [0.1, 0.15) is 5.69 Å². The average Bonchev–Trinajstić information content (AvgIpc) is 3.01. The molecule has 0 unspecified atom stereocenters. The third kappa shape index (κ3) is 2.23. The molecule has 0 atom stereocenters. The molecule has 0 bridgehead atoms. The summed E-state index contributed by atoms with van der Waals surface area (Å²) in [6.45, 7) is 3.33. The summed E-state index contributed by atoms with van der Waals surface area (Å²) in [5, 5.41) is 4.54. The van der Waals surface area contributed by atoms with Gasteiger partial charge < -0.3 is 15.2 Å². The van der Waals surface area contributed by atoms with Gasteiger partial charge in [-0.3, -0.25) is 4.68 Å². The number of hydrogen-bond acceptors (Lipinski definition) is 4. The number of nitrogens with zero attached hydrogens (tertiary/aromatic N) is 2. The summed E-state index contributed by atoms with van der Waals surface area (Å²) in [5.74, 6) is 1.52. The zero-order chi connectivity index (χ0) is 13.2. The number of aromatic nitrogens is 2. The molecule has 0 saturated carbocycles. The zero-order valence-electron chi connectivity index (χ0n) is 10.9. The number of fused-ring (bicyclic) bond motifs is 1. The van der Waals surface area contributed by atoms with Gasteiger partial charge in [-0.05, 0) is 24.6 Å². The van der Waals surface area contributed by atoms with Crippen molar-refractivity contribution in [1.29, 1.82) is 0 Å². The summed E-state index contributed by atoms with van der Waals surface area (Å²) in [7, 11) is 0. The van der Waals surface area contributed by atoms with Crippen LogP contribution in [0.4, 0.5) is 5.69 Å². The Balaban J connectivity index is 1.91. The Morgan fingerprint density at radius 1 is 1.32 bits per heavy atom. The van der Waals surface area contributed by atoms with Crippen LogP contribution in [0, 0.1) is 0 Å². The van der Waals surface area contributed by atoms with Gasteiger partial charge in [-0.15, -0.1) is 0 Å². The highest BCUT2D eigenvalue weighted by molar-refractivity contribution is 5.74. The van der Waals surface area contributed by atoms with Gasteiger partial charge in [0.2, 0.25) is 6.79 Å². The topological polar surface area (TPSA) is 62.3 Å². The van der Waals surface area contributed by atoms with Gasteiger partial charge in [-0.2, -0.15) is 5.10 Å². The predicted octanol–water partition coefficient (Wildman–Crippen LogP) is 2.66. The Hall–Kier alpha value is -2.17. The summed E-state index contributed by atoms with van der Waals surface area (Å²) in [5.41, 5.74) is 8.48. The van der Waals surface area contributed by atoms with Gasteiger partial charge in [-0.25, -0.2) is 0 Å².